The average molecular weight is 363 g/mol. The number of anilines is 1. The minimum atomic E-state index is -1.08. The summed E-state index contributed by atoms with van der Waals surface area (Å²) in [5, 5.41) is 2.32. The van der Waals surface area contributed by atoms with E-state index in [0.717, 1.165) is 17.7 Å². The average Bonchev–Trinajstić information content (AvgIpc) is 2.62. The van der Waals surface area contributed by atoms with Crippen LogP contribution in [0.15, 0.2) is 42.5 Å². The molecule has 0 fully saturated rings. The van der Waals surface area contributed by atoms with Gasteiger partial charge in [-0.1, -0.05) is 18.2 Å². The lowest BCUT2D eigenvalue weighted by molar-refractivity contribution is -0.147. The zero-order valence-corrected chi connectivity index (χ0v) is 14.3. The van der Waals surface area contributed by atoms with Crippen molar-refractivity contribution in [1.82, 2.24) is 0 Å². The van der Waals surface area contributed by atoms with Crippen molar-refractivity contribution < 1.29 is 27.8 Å². The first-order chi connectivity index (χ1) is 12.5. The maximum Gasteiger partial charge on any atom is 0.306 e. The van der Waals surface area contributed by atoms with Gasteiger partial charge in [0.2, 0.25) is 0 Å². The number of esters is 1. The van der Waals surface area contributed by atoms with Crippen LogP contribution in [-0.2, 0) is 20.7 Å². The molecule has 0 aliphatic rings. The molecule has 7 heteroatoms. The van der Waals surface area contributed by atoms with Gasteiger partial charge in [0.25, 0.3) is 5.91 Å². The van der Waals surface area contributed by atoms with E-state index >= 15 is 0 Å². The molecule has 0 saturated heterocycles. The Morgan fingerprint density at radius 2 is 1.85 bits per heavy atom. The van der Waals surface area contributed by atoms with Crippen molar-refractivity contribution in [2.45, 2.75) is 19.8 Å². The van der Waals surface area contributed by atoms with Gasteiger partial charge in [-0.25, -0.2) is 8.78 Å². The Labute approximate surface area is 149 Å². The van der Waals surface area contributed by atoms with Gasteiger partial charge in [-0.3, -0.25) is 9.59 Å². The topological polar surface area (TPSA) is 64.6 Å². The Balaban J connectivity index is 1.78. The molecule has 2 rings (SSSR count). The molecule has 1 amide bonds. The summed E-state index contributed by atoms with van der Waals surface area (Å²) in [4.78, 5) is 23.5. The van der Waals surface area contributed by atoms with E-state index in [1.165, 1.54) is 6.07 Å². The predicted molar refractivity (Wildman–Crippen MR) is 91.9 cm³/mol. The van der Waals surface area contributed by atoms with Crippen LogP contribution in [0.1, 0.15) is 18.9 Å². The van der Waals surface area contributed by atoms with Crippen LogP contribution in [-0.4, -0.2) is 25.1 Å². The summed E-state index contributed by atoms with van der Waals surface area (Å²) >= 11 is 0. The molecule has 26 heavy (non-hydrogen) atoms. The molecule has 138 valence electrons. The summed E-state index contributed by atoms with van der Waals surface area (Å²) in [6.45, 7) is 1.88. The van der Waals surface area contributed by atoms with Crippen molar-refractivity contribution in [3.8, 4) is 5.75 Å². The van der Waals surface area contributed by atoms with Crippen LogP contribution >= 0.6 is 0 Å². The Morgan fingerprint density at radius 3 is 2.58 bits per heavy atom. The molecule has 1 N–H and O–H groups in total. The van der Waals surface area contributed by atoms with Gasteiger partial charge in [0.1, 0.15) is 5.75 Å². The molecule has 0 bridgehead atoms. The van der Waals surface area contributed by atoms with Gasteiger partial charge in [0, 0.05) is 18.2 Å². The first kappa shape index (κ1) is 19.4. The van der Waals surface area contributed by atoms with Crippen molar-refractivity contribution in [3.05, 3.63) is 59.7 Å². The van der Waals surface area contributed by atoms with E-state index in [1.54, 1.807) is 0 Å². The van der Waals surface area contributed by atoms with Crippen LogP contribution < -0.4 is 10.1 Å². The van der Waals surface area contributed by atoms with Gasteiger partial charge in [0.05, 0.1) is 6.61 Å². The summed E-state index contributed by atoms with van der Waals surface area (Å²) in [5.74, 6) is -2.57. The molecule has 2 aromatic rings. The number of halogens is 2. The Morgan fingerprint density at radius 1 is 1.08 bits per heavy atom. The second kappa shape index (κ2) is 9.50. The number of hydrogen-bond donors (Lipinski definition) is 1. The highest BCUT2D eigenvalue weighted by Gasteiger charge is 2.11. The van der Waals surface area contributed by atoms with Crippen LogP contribution in [0.5, 0.6) is 5.75 Å². The predicted octanol–water partition coefficient (Wildman–Crippen LogP) is 3.48. The summed E-state index contributed by atoms with van der Waals surface area (Å²) < 4.78 is 36.3. The van der Waals surface area contributed by atoms with Crippen molar-refractivity contribution >= 4 is 17.6 Å². The third-order valence-corrected chi connectivity index (χ3v) is 3.44. The van der Waals surface area contributed by atoms with E-state index in [9.17, 15) is 18.4 Å². The first-order valence-electron chi connectivity index (χ1n) is 8.10. The molecule has 5 nitrogen and oxygen atoms in total. The molecule has 2 aromatic carbocycles. The van der Waals surface area contributed by atoms with E-state index in [4.69, 9.17) is 9.47 Å². The molecule has 0 radical (unpaired) electrons. The molecule has 0 heterocycles. The van der Waals surface area contributed by atoms with Gasteiger partial charge >= 0.3 is 5.97 Å². The van der Waals surface area contributed by atoms with Crippen LogP contribution in [0.3, 0.4) is 0 Å². The maximum atomic E-state index is 13.1. The number of amides is 1. The summed E-state index contributed by atoms with van der Waals surface area (Å²) in [5.41, 5.74) is 0.952. The lowest BCUT2D eigenvalue weighted by Crippen LogP contribution is -2.21. The molecule has 0 spiro atoms. The smallest absolute Gasteiger partial charge is 0.306 e. The van der Waals surface area contributed by atoms with Crippen molar-refractivity contribution in [1.29, 1.82) is 0 Å². The summed E-state index contributed by atoms with van der Waals surface area (Å²) in [6.07, 6.45) is 0.502. The van der Waals surface area contributed by atoms with Crippen LogP contribution in [0, 0.1) is 11.6 Å². The quantitative estimate of drug-likeness (QED) is 0.730. The van der Waals surface area contributed by atoms with Gasteiger partial charge in [0.15, 0.2) is 18.2 Å². The monoisotopic (exact) mass is 363 g/mol. The molecular weight excluding hydrogens is 344 g/mol. The largest absolute Gasteiger partial charge is 0.494 e. The maximum absolute atomic E-state index is 13.1. The highest BCUT2D eigenvalue weighted by atomic mass is 19.2. The normalized spacial score (nSPS) is 10.3. The lowest BCUT2D eigenvalue weighted by atomic mass is 10.1. The number of ether oxygens (including phenoxy) is 2. The number of rotatable bonds is 8. The minimum absolute atomic E-state index is 0.0793. The zero-order chi connectivity index (χ0) is 18.9. The van der Waals surface area contributed by atoms with Gasteiger partial charge in [-0.15, -0.1) is 0 Å². The van der Waals surface area contributed by atoms with E-state index in [0.29, 0.717) is 18.8 Å². The van der Waals surface area contributed by atoms with Crippen molar-refractivity contribution in [3.63, 3.8) is 0 Å². The number of carbonyl (C=O) groups is 2. The fourth-order valence-corrected chi connectivity index (χ4v) is 2.23. The molecule has 0 aromatic heterocycles. The molecule has 0 atom stereocenters. The third-order valence-electron chi connectivity index (χ3n) is 3.44. The Bertz CT molecular complexity index is 780. The Hall–Kier alpha value is -2.96. The van der Waals surface area contributed by atoms with Crippen molar-refractivity contribution in [2.24, 2.45) is 0 Å². The fraction of sp³-hybridized carbons (Fsp3) is 0.263. The number of hydrogen-bond acceptors (Lipinski definition) is 4. The summed E-state index contributed by atoms with van der Waals surface area (Å²) in [7, 11) is 0. The fourth-order valence-electron chi connectivity index (χ4n) is 2.23. The second-order valence-electron chi connectivity index (χ2n) is 5.38. The van der Waals surface area contributed by atoms with Gasteiger partial charge < -0.3 is 14.8 Å². The molecule has 0 aliphatic heterocycles. The summed E-state index contributed by atoms with van der Waals surface area (Å²) in [6, 6.07) is 10.3. The zero-order valence-electron chi connectivity index (χ0n) is 14.3. The van der Waals surface area contributed by atoms with Gasteiger partial charge in [-0.05, 0) is 37.1 Å². The number of aryl methyl sites for hydroxylation is 1. The highest BCUT2D eigenvalue weighted by molar-refractivity contribution is 5.92. The third kappa shape index (κ3) is 5.84. The van der Waals surface area contributed by atoms with E-state index in [1.807, 2.05) is 31.2 Å². The van der Waals surface area contributed by atoms with E-state index in [-0.39, 0.29) is 12.1 Å². The van der Waals surface area contributed by atoms with E-state index < -0.39 is 30.1 Å². The first-order valence-corrected chi connectivity index (χ1v) is 8.10. The van der Waals surface area contributed by atoms with Crippen LogP contribution in [0.2, 0.25) is 0 Å². The van der Waals surface area contributed by atoms with Crippen LogP contribution in [0.4, 0.5) is 14.5 Å². The number of para-hydroxylation sites is 1. The molecule has 0 aliphatic carbocycles. The van der Waals surface area contributed by atoms with Crippen LogP contribution in [0.25, 0.3) is 0 Å². The Kier molecular flexibility index (Phi) is 7.08. The molecular formula is C19H19F2NO4. The number of nitrogens with one attached hydrogen (secondary N) is 1. The van der Waals surface area contributed by atoms with Crippen molar-refractivity contribution in [2.75, 3.05) is 18.5 Å². The second-order valence-corrected chi connectivity index (χ2v) is 5.38. The van der Waals surface area contributed by atoms with E-state index in [2.05, 4.69) is 5.32 Å². The molecule has 0 saturated carbocycles. The number of benzene rings is 2. The van der Waals surface area contributed by atoms with Gasteiger partial charge in [-0.2, -0.15) is 0 Å². The number of carbonyl (C=O) groups excluding carboxylic acids is 2. The standard InChI is InChI=1S/C19H19F2NO4/c1-2-25-17-6-4-3-5-13(17)7-10-19(24)26-12-18(23)22-14-8-9-15(20)16(21)11-14/h3-6,8-9,11H,2,7,10,12H2,1H3,(H,22,23). The lowest BCUT2D eigenvalue weighted by Gasteiger charge is -2.10. The minimum Gasteiger partial charge on any atom is -0.494 e. The molecule has 0 unspecified atom stereocenters. The SMILES string of the molecule is CCOc1ccccc1CCC(=O)OCC(=O)Nc1ccc(F)c(F)c1. The highest BCUT2D eigenvalue weighted by Crippen LogP contribution is 2.19.